The molecule has 3 N–H and O–H groups in total. The molecule has 3 unspecified atom stereocenters. The fourth-order valence-electron chi connectivity index (χ4n) is 1.64. The number of rotatable bonds is 5. The molecule has 0 saturated heterocycles. The molecule has 1 rings (SSSR count). The van der Waals surface area contributed by atoms with Gasteiger partial charge in [0.05, 0.1) is 0 Å². The molecule has 112 valence electrons. The van der Waals surface area contributed by atoms with Crippen molar-refractivity contribution in [3.8, 4) is 0 Å². The predicted octanol–water partition coefficient (Wildman–Crippen LogP) is 2.26. The van der Waals surface area contributed by atoms with E-state index >= 15 is 0 Å². The molecule has 0 aliphatic carbocycles. The van der Waals surface area contributed by atoms with Crippen molar-refractivity contribution in [2.24, 2.45) is 11.7 Å². The zero-order valence-corrected chi connectivity index (χ0v) is 11.4. The van der Waals surface area contributed by atoms with E-state index < -0.39 is 30.1 Å². The predicted molar refractivity (Wildman–Crippen MR) is 70.9 cm³/mol. The first-order chi connectivity index (χ1) is 9.21. The van der Waals surface area contributed by atoms with Crippen LogP contribution in [-0.2, 0) is 11.2 Å². The number of amides is 1. The van der Waals surface area contributed by atoms with E-state index in [1.54, 1.807) is 37.3 Å². The third kappa shape index (κ3) is 4.85. The summed E-state index contributed by atoms with van der Waals surface area (Å²) >= 11 is 0. The number of halogens is 3. The van der Waals surface area contributed by atoms with Crippen molar-refractivity contribution in [2.45, 2.75) is 38.5 Å². The summed E-state index contributed by atoms with van der Waals surface area (Å²) in [6.45, 7) is 3.10. The smallest absolute Gasteiger partial charge is 0.344 e. The molecule has 0 fully saturated rings. The van der Waals surface area contributed by atoms with Crippen LogP contribution in [0.2, 0.25) is 0 Å². The van der Waals surface area contributed by atoms with Gasteiger partial charge in [-0.3, -0.25) is 4.79 Å². The van der Waals surface area contributed by atoms with Crippen LogP contribution in [0.15, 0.2) is 30.3 Å². The molecule has 0 aliphatic heterocycles. The molecule has 3 nitrogen and oxygen atoms in total. The Kier molecular flexibility index (Phi) is 5.56. The number of carbonyl (C=O) groups excluding carboxylic acids is 1. The van der Waals surface area contributed by atoms with Crippen molar-refractivity contribution in [3.05, 3.63) is 35.9 Å². The molecular formula is C14H19F3N2O. The minimum atomic E-state index is -4.50. The highest BCUT2D eigenvalue weighted by atomic mass is 19.4. The molecule has 0 spiro atoms. The lowest BCUT2D eigenvalue weighted by molar-refractivity contribution is -0.162. The van der Waals surface area contributed by atoms with Gasteiger partial charge in [0.1, 0.15) is 6.04 Å². The van der Waals surface area contributed by atoms with E-state index in [1.807, 2.05) is 5.32 Å². The Bertz CT molecular complexity index is 432. The Morgan fingerprint density at radius 3 is 2.25 bits per heavy atom. The molecule has 6 heteroatoms. The molecule has 0 radical (unpaired) electrons. The third-order valence-electron chi connectivity index (χ3n) is 3.20. The topological polar surface area (TPSA) is 55.1 Å². The minimum absolute atomic E-state index is 0.290. The highest BCUT2D eigenvalue weighted by Crippen LogP contribution is 2.23. The summed E-state index contributed by atoms with van der Waals surface area (Å²) in [4.78, 5) is 11.7. The van der Waals surface area contributed by atoms with Crippen LogP contribution in [0.5, 0.6) is 0 Å². The van der Waals surface area contributed by atoms with E-state index in [-0.39, 0.29) is 6.42 Å². The second-order valence-electron chi connectivity index (χ2n) is 4.94. The Morgan fingerprint density at radius 2 is 1.80 bits per heavy atom. The summed E-state index contributed by atoms with van der Waals surface area (Å²) in [5.74, 6) is -1.35. The highest BCUT2D eigenvalue weighted by Gasteiger charge is 2.41. The standard InChI is InChI=1S/C14H19F3N2O/c1-9(10(2)18)13(20)19-12(14(15,16)17)8-11-6-4-3-5-7-11/h3-7,9-10,12H,8,18H2,1-2H3,(H,19,20). The Labute approximate surface area is 116 Å². The molecule has 0 saturated carbocycles. The molecule has 0 bridgehead atoms. The number of benzene rings is 1. The zero-order chi connectivity index (χ0) is 15.3. The molecule has 1 amide bonds. The summed E-state index contributed by atoms with van der Waals surface area (Å²) in [6, 6.07) is 5.84. The van der Waals surface area contributed by atoms with Gasteiger partial charge in [-0.05, 0) is 12.5 Å². The van der Waals surface area contributed by atoms with Crippen LogP contribution in [0.4, 0.5) is 13.2 Å². The number of nitrogens with two attached hydrogens (primary N) is 1. The normalized spacial score (nSPS) is 16.3. The van der Waals surface area contributed by atoms with Crippen molar-refractivity contribution in [3.63, 3.8) is 0 Å². The third-order valence-corrected chi connectivity index (χ3v) is 3.20. The van der Waals surface area contributed by atoms with Crippen LogP contribution in [0, 0.1) is 5.92 Å². The number of alkyl halides is 3. The quantitative estimate of drug-likeness (QED) is 0.873. The second-order valence-corrected chi connectivity index (χ2v) is 4.94. The second kappa shape index (κ2) is 6.74. The number of hydrogen-bond acceptors (Lipinski definition) is 2. The first-order valence-corrected chi connectivity index (χ1v) is 6.38. The first kappa shape index (κ1) is 16.5. The molecule has 0 aliphatic rings. The van der Waals surface area contributed by atoms with Gasteiger partial charge < -0.3 is 11.1 Å². The molecule has 1 aromatic rings. The van der Waals surface area contributed by atoms with Crippen LogP contribution < -0.4 is 11.1 Å². The largest absolute Gasteiger partial charge is 0.408 e. The molecule has 3 atom stereocenters. The zero-order valence-electron chi connectivity index (χ0n) is 11.4. The van der Waals surface area contributed by atoms with Gasteiger partial charge in [-0.15, -0.1) is 0 Å². The van der Waals surface area contributed by atoms with Crippen molar-refractivity contribution >= 4 is 5.91 Å². The van der Waals surface area contributed by atoms with Crippen molar-refractivity contribution in [1.29, 1.82) is 0 Å². The van der Waals surface area contributed by atoms with Crippen LogP contribution in [-0.4, -0.2) is 24.2 Å². The van der Waals surface area contributed by atoms with Gasteiger partial charge in [0.15, 0.2) is 0 Å². The summed E-state index contributed by atoms with van der Waals surface area (Å²) < 4.78 is 39.0. The summed E-state index contributed by atoms with van der Waals surface area (Å²) in [5.41, 5.74) is 6.05. The van der Waals surface area contributed by atoms with Crippen LogP contribution in [0.1, 0.15) is 19.4 Å². The van der Waals surface area contributed by atoms with Gasteiger partial charge in [0, 0.05) is 18.4 Å². The van der Waals surface area contributed by atoms with E-state index in [0.717, 1.165) is 0 Å². The fourth-order valence-corrected chi connectivity index (χ4v) is 1.64. The van der Waals surface area contributed by atoms with Crippen LogP contribution in [0.25, 0.3) is 0 Å². The van der Waals surface area contributed by atoms with E-state index in [1.165, 1.54) is 6.92 Å². The van der Waals surface area contributed by atoms with Crippen LogP contribution >= 0.6 is 0 Å². The first-order valence-electron chi connectivity index (χ1n) is 6.38. The number of hydrogen-bond donors (Lipinski definition) is 2. The molecule has 0 heterocycles. The molecular weight excluding hydrogens is 269 g/mol. The van der Waals surface area contributed by atoms with Gasteiger partial charge >= 0.3 is 6.18 Å². The summed E-state index contributed by atoms with van der Waals surface area (Å²) in [7, 11) is 0. The minimum Gasteiger partial charge on any atom is -0.344 e. The van der Waals surface area contributed by atoms with Gasteiger partial charge in [-0.2, -0.15) is 13.2 Å². The molecule has 0 aromatic heterocycles. The van der Waals surface area contributed by atoms with Gasteiger partial charge in [0.2, 0.25) is 5.91 Å². The van der Waals surface area contributed by atoms with E-state index in [0.29, 0.717) is 5.56 Å². The maximum Gasteiger partial charge on any atom is 0.408 e. The molecule has 1 aromatic carbocycles. The van der Waals surface area contributed by atoms with E-state index in [2.05, 4.69) is 0 Å². The average molecular weight is 288 g/mol. The lowest BCUT2D eigenvalue weighted by Gasteiger charge is -2.24. The Balaban J connectivity index is 2.79. The summed E-state index contributed by atoms with van der Waals surface area (Å²) in [6.07, 6.45) is -4.79. The van der Waals surface area contributed by atoms with Crippen molar-refractivity contribution in [1.82, 2.24) is 5.32 Å². The summed E-state index contributed by atoms with van der Waals surface area (Å²) in [5, 5.41) is 2.04. The monoisotopic (exact) mass is 288 g/mol. The van der Waals surface area contributed by atoms with Crippen molar-refractivity contribution < 1.29 is 18.0 Å². The number of nitrogens with one attached hydrogen (secondary N) is 1. The SMILES string of the molecule is CC(N)C(C)C(=O)NC(Cc1ccccc1)C(F)(F)F. The lowest BCUT2D eigenvalue weighted by atomic mass is 10.0. The molecule has 20 heavy (non-hydrogen) atoms. The van der Waals surface area contributed by atoms with Gasteiger partial charge in [-0.25, -0.2) is 0 Å². The lowest BCUT2D eigenvalue weighted by Crippen LogP contribution is -2.50. The average Bonchev–Trinajstić information content (AvgIpc) is 2.37. The van der Waals surface area contributed by atoms with E-state index in [4.69, 9.17) is 5.73 Å². The maximum absolute atomic E-state index is 13.0. The fraction of sp³-hybridized carbons (Fsp3) is 0.500. The van der Waals surface area contributed by atoms with E-state index in [9.17, 15) is 18.0 Å². The van der Waals surface area contributed by atoms with Gasteiger partial charge in [0.25, 0.3) is 0 Å². The van der Waals surface area contributed by atoms with Gasteiger partial charge in [-0.1, -0.05) is 37.3 Å². The maximum atomic E-state index is 13.0. The van der Waals surface area contributed by atoms with Crippen molar-refractivity contribution in [2.75, 3.05) is 0 Å². The Morgan fingerprint density at radius 1 is 1.25 bits per heavy atom. The number of carbonyl (C=O) groups is 1. The Hall–Kier alpha value is -1.56. The highest BCUT2D eigenvalue weighted by molar-refractivity contribution is 5.79. The van der Waals surface area contributed by atoms with Crippen LogP contribution in [0.3, 0.4) is 0 Å².